The maximum atomic E-state index is 11.4. The van der Waals surface area contributed by atoms with E-state index in [0.717, 1.165) is 6.54 Å². The Balaban J connectivity index is 3.97. The molecule has 0 bridgehead atoms. The van der Waals surface area contributed by atoms with Crippen LogP contribution in [0.5, 0.6) is 0 Å². The minimum Gasteiger partial charge on any atom is -0.444 e. The van der Waals surface area contributed by atoms with Crippen molar-refractivity contribution in [3.05, 3.63) is 0 Å². The van der Waals surface area contributed by atoms with E-state index in [0.29, 0.717) is 12.5 Å². The molecule has 1 atom stereocenters. The Labute approximate surface area is 99.1 Å². The van der Waals surface area contributed by atoms with Gasteiger partial charge in [0.1, 0.15) is 5.60 Å². The highest BCUT2D eigenvalue weighted by Gasteiger charge is 2.18. The Morgan fingerprint density at radius 2 is 1.88 bits per heavy atom. The molecule has 0 aromatic rings. The molecule has 1 unspecified atom stereocenters. The van der Waals surface area contributed by atoms with Crippen LogP contribution < -0.4 is 10.6 Å². The van der Waals surface area contributed by atoms with Gasteiger partial charge in [0.15, 0.2) is 0 Å². The predicted octanol–water partition coefficient (Wildman–Crippen LogP) is 2.15. The van der Waals surface area contributed by atoms with Gasteiger partial charge < -0.3 is 15.4 Å². The van der Waals surface area contributed by atoms with E-state index in [1.54, 1.807) is 0 Å². The van der Waals surface area contributed by atoms with Crippen LogP contribution in [0.2, 0.25) is 0 Å². The minimum absolute atomic E-state index is 0.289. The summed E-state index contributed by atoms with van der Waals surface area (Å²) < 4.78 is 5.17. The SMILES string of the molecule is CCNC(CNC(=O)OC(C)(C)C)C(C)C. The number of rotatable bonds is 5. The number of alkyl carbamates (subject to hydrolysis) is 1. The predicted molar refractivity (Wildman–Crippen MR) is 66.5 cm³/mol. The van der Waals surface area contributed by atoms with Crippen LogP contribution in [0.1, 0.15) is 41.5 Å². The van der Waals surface area contributed by atoms with E-state index in [1.165, 1.54) is 0 Å². The largest absolute Gasteiger partial charge is 0.444 e. The molecule has 1 amide bonds. The number of hydrogen-bond donors (Lipinski definition) is 2. The van der Waals surface area contributed by atoms with Crippen molar-refractivity contribution in [3.8, 4) is 0 Å². The molecule has 0 aromatic heterocycles. The summed E-state index contributed by atoms with van der Waals surface area (Å²) in [6, 6.07) is 0.289. The van der Waals surface area contributed by atoms with E-state index in [2.05, 4.69) is 31.4 Å². The molecular formula is C12H26N2O2. The maximum Gasteiger partial charge on any atom is 0.407 e. The molecule has 0 saturated carbocycles. The fraction of sp³-hybridized carbons (Fsp3) is 0.917. The number of ether oxygens (including phenoxy) is 1. The highest BCUT2D eigenvalue weighted by atomic mass is 16.6. The molecule has 2 N–H and O–H groups in total. The molecule has 0 aliphatic carbocycles. The van der Waals surface area contributed by atoms with Crippen molar-refractivity contribution >= 4 is 6.09 Å². The second kappa shape index (κ2) is 6.74. The van der Waals surface area contributed by atoms with E-state index in [4.69, 9.17) is 4.74 Å². The molecule has 0 spiro atoms. The first-order valence-corrected chi connectivity index (χ1v) is 5.96. The van der Waals surface area contributed by atoms with Crippen LogP contribution in [0, 0.1) is 5.92 Å². The van der Waals surface area contributed by atoms with Gasteiger partial charge in [0.05, 0.1) is 0 Å². The zero-order valence-corrected chi connectivity index (χ0v) is 11.4. The fourth-order valence-electron chi connectivity index (χ4n) is 1.31. The van der Waals surface area contributed by atoms with Gasteiger partial charge in [-0.25, -0.2) is 4.79 Å². The van der Waals surface area contributed by atoms with Gasteiger partial charge in [-0.15, -0.1) is 0 Å². The van der Waals surface area contributed by atoms with Crippen LogP contribution in [0.4, 0.5) is 4.79 Å². The van der Waals surface area contributed by atoms with Crippen molar-refractivity contribution < 1.29 is 9.53 Å². The van der Waals surface area contributed by atoms with Gasteiger partial charge in [-0.2, -0.15) is 0 Å². The number of likely N-dealkylation sites (N-methyl/N-ethyl adjacent to an activating group) is 1. The summed E-state index contributed by atoms with van der Waals surface area (Å²) in [4.78, 5) is 11.4. The number of carbonyl (C=O) groups excluding carboxylic acids is 1. The monoisotopic (exact) mass is 230 g/mol. The lowest BCUT2D eigenvalue weighted by molar-refractivity contribution is 0.0519. The van der Waals surface area contributed by atoms with Gasteiger partial charge in [0.2, 0.25) is 0 Å². The lowest BCUT2D eigenvalue weighted by atomic mass is 10.0. The highest BCUT2D eigenvalue weighted by Crippen LogP contribution is 2.06. The van der Waals surface area contributed by atoms with Crippen molar-refractivity contribution in [1.82, 2.24) is 10.6 Å². The van der Waals surface area contributed by atoms with E-state index in [9.17, 15) is 4.79 Å². The lowest BCUT2D eigenvalue weighted by Gasteiger charge is -2.24. The first kappa shape index (κ1) is 15.2. The van der Waals surface area contributed by atoms with Crippen molar-refractivity contribution in [3.63, 3.8) is 0 Å². The number of amides is 1. The molecule has 0 saturated heterocycles. The third-order valence-electron chi connectivity index (χ3n) is 2.14. The van der Waals surface area contributed by atoms with Gasteiger partial charge in [0.25, 0.3) is 0 Å². The number of hydrogen-bond acceptors (Lipinski definition) is 3. The van der Waals surface area contributed by atoms with Crippen molar-refractivity contribution in [2.45, 2.75) is 53.2 Å². The molecule has 0 aromatic carbocycles. The van der Waals surface area contributed by atoms with Gasteiger partial charge >= 0.3 is 6.09 Å². The van der Waals surface area contributed by atoms with Crippen molar-refractivity contribution in [2.24, 2.45) is 5.92 Å². The quantitative estimate of drug-likeness (QED) is 0.761. The second-order valence-electron chi connectivity index (χ2n) is 5.29. The summed E-state index contributed by atoms with van der Waals surface area (Å²) in [5.41, 5.74) is -0.435. The molecule has 4 nitrogen and oxygen atoms in total. The number of nitrogens with one attached hydrogen (secondary N) is 2. The van der Waals surface area contributed by atoms with Crippen LogP contribution >= 0.6 is 0 Å². The van der Waals surface area contributed by atoms with E-state index in [1.807, 2.05) is 20.8 Å². The molecule has 0 fully saturated rings. The van der Waals surface area contributed by atoms with Crippen LogP contribution in [-0.4, -0.2) is 30.8 Å². The van der Waals surface area contributed by atoms with Gasteiger partial charge in [-0.3, -0.25) is 0 Å². The third-order valence-corrected chi connectivity index (χ3v) is 2.14. The van der Waals surface area contributed by atoms with Crippen molar-refractivity contribution in [2.75, 3.05) is 13.1 Å². The molecular weight excluding hydrogens is 204 g/mol. The smallest absolute Gasteiger partial charge is 0.407 e. The molecule has 0 radical (unpaired) electrons. The fourth-order valence-corrected chi connectivity index (χ4v) is 1.31. The van der Waals surface area contributed by atoms with Gasteiger partial charge in [-0.05, 0) is 33.2 Å². The van der Waals surface area contributed by atoms with Crippen LogP contribution in [0.15, 0.2) is 0 Å². The van der Waals surface area contributed by atoms with E-state index in [-0.39, 0.29) is 12.1 Å². The zero-order valence-electron chi connectivity index (χ0n) is 11.4. The summed E-state index contributed by atoms with van der Waals surface area (Å²) in [7, 11) is 0. The summed E-state index contributed by atoms with van der Waals surface area (Å²) in [6.07, 6.45) is -0.351. The Kier molecular flexibility index (Phi) is 6.41. The molecule has 4 heteroatoms. The summed E-state index contributed by atoms with van der Waals surface area (Å²) in [6.45, 7) is 13.4. The minimum atomic E-state index is -0.435. The van der Waals surface area contributed by atoms with Gasteiger partial charge in [0, 0.05) is 12.6 Å². The van der Waals surface area contributed by atoms with Crippen LogP contribution in [0.3, 0.4) is 0 Å². The number of carbonyl (C=O) groups is 1. The topological polar surface area (TPSA) is 50.4 Å². The summed E-state index contributed by atoms with van der Waals surface area (Å²) >= 11 is 0. The molecule has 0 rings (SSSR count). The lowest BCUT2D eigenvalue weighted by Crippen LogP contribution is -2.45. The Bertz CT molecular complexity index is 210. The molecule has 0 heterocycles. The zero-order chi connectivity index (χ0) is 12.8. The van der Waals surface area contributed by atoms with E-state index < -0.39 is 5.60 Å². The standard InChI is InChI=1S/C12H26N2O2/c1-7-13-10(9(2)3)8-14-11(15)16-12(4,5)6/h9-10,13H,7-8H2,1-6H3,(H,14,15). The van der Waals surface area contributed by atoms with Crippen LogP contribution in [0.25, 0.3) is 0 Å². The van der Waals surface area contributed by atoms with E-state index >= 15 is 0 Å². The summed E-state index contributed by atoms with van der Waals surface area (Å²) in [5.74, 6) is 0.481. The molecule has 16 heavy (non-hydrogen) atoms. The third kappa shape index (κ3) is 7.51. The second-order valence-corrected chi connectivity index (χ2v) is 5.29. The average Bonchev–Trinajstić information content (AvgIpc) is 2.08. The molecule has 96 valence electrons. The highest BCUT2D eigenvalue weighted by molar-refractivity contribution is 5.67. The Hall–Kier alpha value is -0.770. The van der Waals surface area contributed by atoms with Crippen molar-refractivity contribution in [1.29, 1.82) is 0 Å². The normalized spacial score (nSPS) is 13.7. The maximum absolute atomic E-state index is 11.4. The van der Waals surface area contributed by atoms with Gasteiger partial charge in [-0.1, -0.05) is 20.8 Å². The Morgan fingerprint density at radius 3 is 2.25 bits per heavy atom. The summed E-state index contributed by atoms with van der Waals surface area (Å²) in [5, 5.41) is 6.11. The molecule has 0 aliphatic heterocycles. The average molecular weight is 230 g/mol. The van der Waals surface area contributed by atoms with Crippen LogP contribution in [-0.2, 0) is 4.74 Å². The Morgan fingerprint density at radius 1 is 1.31 bits per heavy atom. The first-order chi connectivity index (χ1) is 7.26. The molecule has 0 aliphatic rings. The first-order valence-electron chi connectivity index (χ1n) is 5.96.